The number of amides is 2. The third-order valence-corrected chi connectivity index (χ3v) is 4.69. The molecule has 0 spiro atoms. The van der Waals surface area contributed by atoms with Crippen molar-refractivity contribution in [1.29, 1.82) is 0 Å². The van der Waals surface area contributed by atoms with E-state index in [9.17, 15) is 9.59 Å². The van der Waals surface area contributed by atoms with Crippen LogP contribution in [0.25, 0.3) is 0 Å². The van der Waals surface area contributed by atoms with Crippen LogP contribution in [-0.2, 0) is 0 Å². The van der Waals surface area contributed by atoms with Crippen LogP contribution < -0.4 is 11.5 Å². The van der Waals surface area contributed by atoms with Gasteiger partial charge in [0.1, 0.15) is 11.4 Å². The van der Waals surface area contributed by atoms with Crippen molar-refractivity contribution in [3.63, 3.8) is 0 Å². The number of nitrogens with zero attached hydrogens (tertiary/aromatic N) is 2. The average Bonchev–Trinajstić information content (AvgIpc) is 2.62. The zero-order chi connectivity index (χ0) is 17.1. The van der Waals surface area contributed by atoms with Crippen molar-refractivity contribution in [3.8, 4) is 0 Å². The fraction of sp³-hybridized carbons (Fsp3) is 0.333. The summed E-state index contributed by atoms with van der Waals surface area (Å²) in [6, 6.07) is 7.32. The SMILES string of the molecule is NC(=O)c1ccc(C2CCCCC2c2cccnc2)c(C(N)=O)n1. The summed E-state index contributed by atoms with van der Waals surface area (Å²) in [4.78, 5) is 31.6. The number of carbonyl (C=O) groups is 2. The third-order valence-electron chi connectivity index (χ3n) is 4.69. The second-order valence-corrected chi connectivity index (χ2v) is 6.15. The van der Waals surface area contributed by atoms with Gasteiger partial charge in [-0.2, -0.15) is 0 Å². The van der Waals surface area contributed by atoms with Crippen molar-refractivity contribution in [1.82, 2.24) is 9.97 Å². The minimum atomic E-state index is -0.670. The molecule has 2 aromatic rings. The van der Waals surface area contributed by atoms with Crippen molar-refractivity contribution in [3.05, 3.63) is 59.2 Å². The molecule has 0 saturated heterocycles. The van der Waals surface area contributed by atoms with Crippen molar-refractivity contribution >= 4 is 11.8 Å². The summed E-state index contributed by atoms with van der Waals surface area (Å²) in [6.07, 6.45) is 7.80. The molecule has 1 aliphatic carbocycles. The summed E-state index contributed by atoms with van der Waals surface area (Å²) in [6.45, 7) is 0. The van der Waals surface area contributed by atoms with Gasteiger partial charge in [-0.05, 0) is 47.9 Å². The Kier molecular flexibility index (Phi) is 4.55. The summed E-state index contributed by atoms with van der Waals surface area (Å²) in [5, 5.41) is 0. The molecule has 4 N–H and O–H groups in total. The van der Waals surface area contributed by atoms with Gasteiger partial charge < -0.3 is 11.5 Å². The Morgan fingerprint density at radius 1 is 1.00 bits per heavy atom. The van der Waals surface area contributed by atoms with Crippen LogP contribution in [0.1, 0.15) is 69.6 Å². The standard InChI is InChI=1S/C18H20N4O2/c19-17(23)15-8-7-14(16(22-15)18(20)24)13-6-2-1-5-12(13)11-4-3-9-21-10-11/h3-4,7-10,12-13H,1-2,5-6H2,(H2,19,23)(H2,20,24). The van der Waals surface area contributed by atoms with Crippen molar-refractivity contribution in [2.45, 2.75) is 37.5 Å². The number of pyridine rings is 2. The Morgan fingerprint density at radius 2 is 1.75 bits per heavy atom. The monoisotopic (exact) mass is 324 g/mol. The lowest BCUT2D eigenvalue weighted by molar-refractivity contribution is 0.0990. The minimum Gasteiger partial charge on any atom is -0.364 e. The van der Waals surface area contributed by atoms with Crippen molar-refractivity contribution in [2.75, 3.05) is 0 Å². The first kappa shape index (κ1) is 16.1. The Labute approximate surface area is 140 Å². The maximum Gasteiger partial charge on any atom is 0.267 e. The highest BCUT2D eigenvalue weighted by Gasteiger charge is 2.31. The zero-order valence-corrected chi connectivity index (χ0v) is 13.3. The minimum absolute atomic E-state index is 0.0567. The first-order valence-corrected chi connectivity index (χ1v) is 8.08. The van der Waals surface area contributed by atoms with E-state index in [1.165, 1.54) is 0 Å². The van der Waals surface area contributed by atoms with E-state index in [1.807, 2.05) is 12.3 Å². The summed E-state index contributed by atoms with van der Waals surface area (Å²) >= 11 is 0. The summed E-state index contributed by atoms with van der Waals surface area (Å²) < 4.78 is 0. The highest BCUT2D eigenvalue weighted by atomic mass is 16.1. The van der Waals surface area contributed by atoms with Crippen LogP contribution in [0.3, 0.4) is 0 Å². The van der Waals surface area contributed by atoms with Gasteiger partial charge in [0.15, 0.2) is 0 Å². The normalized spacial score (nSPS) is 20.5. The van der Waals surface area contributed by atoms with Crippen LogP contribution in [0.2, 0.25) is 0 Å². The molecule has 2 unspecified atom stereocenters. The lowest BCUT2D eigenvalue weighted by atomic mass is 9.72. The maximum absolute atomic E-state index is 11.9. The molecule has 6 nitrogen and oxygen atoms in total. The molecule has 0 radical (unpaired) electrons. The smallest absolute Gasteiger partial charge is 0.267 e. The molecular weight excluding hydrogens is 304 g/mol. The molecule has 1 saturated carbocycles. The van der Waals surface area contributed by atoms with E-state index in [1.54, 1.807) is 18.3 Å². The van der Waals surface area contributed by atoms with Crippen LogP contribution in [0.4, 0.5) is 0 Å². The average molecular weight is 324 g/mol. The van der Waals surface area contributed by atoms with Gasteiger partial charge in [0.25, 0.3) is 11.8 Å². The largest absolute Gasteiger partial charge is 0.364 e. The Balaban J connectivity index is 2.05. The van der Waals surface area contributed by atoms with Crippen LogP contribution in [0, 0.1) is 0 Å². The third kappa shape index (κ3) is 3.13. The van der Waals surface area contributed by atoms with E-state index in [4.69, 9.17) is 11.5 Å². The number of carbonyl (C=O) groups excluding carboxylic acids is 2. The van der Waals surface area contributed by atoms with Crippen LogP contribution in [0.5, 0.6) is 0 Å². The maximum atomic E-state index is 11.9. The topological polar surface area (TPSA) is 112 Å². The number of nitrogens with two attached hydrogens (primary N) is 2. The molecule has 0 bridgehead atoms. The van der Waals surface area contributed by atoms with Gasteiger partial charge in [-0.25, -0.2) is 4.98 Å². The van der Waals surface area contributed by atoms with E-state index in [0.29, 0.717) is 0 Å². The van der Waals surface area contributed by atoms with Gasteiger partial charge in [0, 0.05) is 12.4 Å². The molecular formula is C18H20N4O2. The van der Waals surface area contributed by atoms with Gasteiger partial charge in [-0.3, -0.25) is 14.6 Å². The van der Waals surface area contributed by atoms with Crippen LogP contribution in [-0.4, -0.2) is 21.8 Å². The van der Waals surface area contributed by atoms with Gasteiger partial charge in [-0.1, -0.05) is 25.0 Å². The van der Waals surface area contributed by atoms with Gasteiger partial charge in [-0.15, -0.1) is 0 Å². The molecule has 124 valence electrons. The van der Waals surface area contributed by atoms with Crippen LogP contribution >= 0.6 is 0 Å². The summed E-state index contributed by atoms with van der Waals surface area (Å²) in [7, 11) is 0. The Hall–Kier alpha value is -2.76. The second-order valence-electron chi connectivity index (χ2n) is 6.15. The number of hydrogen-bond acceptors (Lipinski definition) is 4. The van der Waals surface area contributed by atoms with E-state index in [2.05, 4.69) is 16.0 Å². The lowest BCUT2D eigenvalue weighted by Crippen LogP contribution is -2.24. The molecule has 2 amide bonds. The molecule has 2 heterocycles. The molecule has 2 aromatic heterocycles. The summed E-state index contributed by atoms with van der Waals surface area (Å²) in [5.74, 6) is -0.924. The van der Waals surface area contributed by atoms with E-state index >= 15 is 0 Å². The van der Waals surface area contributed by atoms with Gasteiger partial charge >= 0.3 is 0 Å². The highest BCUT2D eigenvalue weighted by molar-refractivity contribution is 5.96. The fourth-order valence-corrected chi connectivity index (χ4v) is 3.60. The Morgan fingerprint density at radius 3 is 2.38 bits per heavy atom. The second kappa shape index (κ2) is 6.78. The number of aromatic nitrogens is 2. The van der Waals surface area contributed by atoms with Crippen molar-refractivity contribution < 1.29 is 9.59 Å². The van der Waals surface area contributed by atoms with Crippen molar-refractivity contribution in [2.24, 2.45) is 11.5 Å². The Bertz CT molecular complexity index is 761. The van der Waals surface area contributed by atoms with Crippen LogP contribution in [0.15, 0.2) is 36.7 Å². The van der Waals surface area contributed by atoms with E-state index in [0.717, 1.165) is 36.8 Å². The quantitative estimate of drug-likeness (QED) is 0.897. The highest BCUT2D eigenvalue weighted by Crippen LogP contribution is 2.44. The van der Waals surface area contributed by atoms with Gasteiger partial charge in [0.2, 0.25) is 0 Å². The molecule has 3 rings (SSSR count). The van der Waals surface area contributed by atoms with Gasteiger partial charge in [0.05, 0.1) is 0 Å². The summed E-state index contributed by atoms with van der Waals surface area (Å²) in [5.41, 5.74) is 12.9. The van der Waals surface area contributed by atoms with E-state index in [-0.39, 0.29) is 23.2 Å². The number of primary amides is 2. The fourth-order valence-electron chi connectivity index (χ4n) is 3.60. The molecule has 24 heavy (non-hydrogen) atoms. The molecule has 1 fully saturated rings. The lowest BCUT2D eigenvalue weighted by Gasteiger charge is -2.32. The molecule has 0 aliphatic heterocycles. The number of rotatable bonds is 4. The molecule has 0 aromatic carbocycles. The first-order chi connectivity index (χ1) is 11.6. The zero-order valence-electron chi connectivity index (χ0n) is 13.3. The predicted molar refractivity (Wildman–Crippen MR) is 89.5 cm³/mol. The number of hydrogen-bond donors (Lipinski definition) is 2. The molecule has 1 aliphatic rings. The first-order valence-electron chi connectivity index (χ1n) is 8.08. The molecule has 6 heteroatoms. The molecule has 2 atom stereocenters. The predicted octanol–water partition coefficient (Wildman–Crippen LogP) is 2.12. The van der Waals surface area contributed by atoms with E-state index < -0.39 is 11.8 Å².